The number of carbonyl (C=O) groups is 1. The molecular formula is C14H14N4O2. The fraction of sp³-hybridized carbons (Fsp3) is 0.357. The summed E-state index contributed by atoms with van der Waals surface area (Å²) in [6.07, 6.45) is 3.13. The summed E-state index contributed by atoms with van der Waals surface area (Å²) in [6, 6.07) is 5.65. The van der Waals surface area contributed by atoms with Crippen LogP contribution in [0, 0.1) is 0 Å². The summed E-state index contributed by atoms with van der Waals surface area (Å²) in [6.45, 7) is 0.707. The van der Waals surface area contributed by atoms with Gasteiger partial charge in [-0.2, -0.15) is 0 Å². The van der Waals surface area contributed by atoms with Crippen LogP contribution >= 0.6 is 0 Å². The lowest BCUT2D eigenvalue weighted by molar-refractivity contribution is 0.101. The highest BCUT2D eigenvalue weighted by atomic mass is 16.5. The first-order valence-electron chi connectivity index (χ1n) is 6.79. The number of rotatable bonds is 3. The maximum Gasteiger partial charge on any atom is 0.295 e. The number of aromatic amines is 1. The van der Waals surface area contributed by atoms with Gasteiger partial charge in [0.1, 0.15) is 11.6 Å². The number of fused-ring (bicyclic) bond motifs is 1. The predicted octanol–water partition coefficient (Wildman–Crippen LogP) is 1.87. The normalized spacial score (nSPS) is 16.6. The maximum absolute atomic E-state index is 12.1. The lowest BCUT2D eigenvalue weighted by atomic mass is 10.1. The van der Waals surface area contributed by atoms with Gasteiger partial charge >= 0.3 is 0 Å². The molecule has 2 N–H and O–H groups in total. The zero-order chi connectivity index (χ0) is 13.5. The number of benzene rings is 1. The summed E-state index contributed by atoms with van der Waals surface area (Å²) in [4.78, 5) is 16.3. The van der Waals surface area contributed by atoms with Gasteiger partial charge in [0.25, 0.3) is 5.91 Å². The van der Waals surface area contributed by atoms with E-state index in [4.69, 9.17) is 4.74 Å². The van der Waals surface area contributed by atoms with Crippen molar-refractivity contribution in [2.24, 2.45) is 0 Å². The van der Waals surface area contributed by atoms with Crippen LogP contribution in [0.4, 0.5) is 5.69 Å². The minimum atomic E-state index is -0.285. The molecule has 0 bridgehead atoms. The predicted molar refractivity (Wildman–Crippen MR) is 72.0 cm³/mol. The molecule has 2 aromatic rings. The Morgan fingerprint density at radius 2 is 2.30 bits per heavy atom. The van der Waals surface area contributed by atoms with Gasteiger partial charge in [0.15, 0.2) is 0 Å². The van der Waals surface area contributed by atoms with Crippen molar-refractivity contribution in [2.75, 3.05) is 11.9 Å². The number of nitrogens with zero attached hydrogens (tertiary/aromatic N) is 2. The van der Waals surface area contributed by atoms with E-state index in [2.05, 4.69) is 20.5 Å². The Morgan fingerprint density at radius 3 is 3.15 bits per heavy atom. The van der Waals surface area contributed by atoms with Crippen LogP contribution in [0.2, 0.25) is 0 Å². The molecule has 1 saturated carbocycles. The number of hydrogen-bond acceptors (Lipinski definition) is 4. The van der Waals surface area contributed by atoms with Crippen molar-refractivity contribution >= 4 is 11.6 Å². The van der Waals surface area contributed by atoms with Crippen LogP contribution in [-0.4, -0.2) is 27.7 Å². The highest BCUT2D eigenvalue weighted by molar-refractivity contribution is 6.01. The Morgan fingerprint density at radius 1 is 1.40 bits per heavy atom. The number of hydrogen-bond donors (Lipinski definition) is 2. The summed E-state index contributed by atoms with van der Waals surface area (Å²) in [5.74, 6) is 2.09. The van der Waals surface area contributed by atoms with Crippen molar-refractivity contribution in [1.82, 2.24) is 15.2 Å². The van der Waals surface area contributed by atoms with Crippen LogP contribution < -0.4 is 10.1 Å². The summed E-state index contributed by atoms with van der Waals surface area (Å²) in [5, 5.41) is 9.63. The summed E-state index contributed by atoms with van der Waals surface area (Å²) in [7, 11) is 0. The molecule has 0 atom stereocenters. The molecule has 6 nitrogen and oxygen atoms in total. The second-order valence-corrected chi connectivity index (χ2v) is 5.19. The molecule has 1 aromatic heterocycles. The molecule has 1 fully saturated rings. The van der Waals surface area contributed by atoms with Crippen LogP contribution in [0.3, 0.4) is 0 Å². The molecular weight excluding hydrogens is 256 g/mol. The molecule has 0 unspecified atom stereocenters. The van der Waals surface area contributed by atoms with Crippen LogP contribution in [0.1, 0.15) is 40.8 Å². The maximum atomic E-state index is 12.1. The molecule has 102 valence electrons. The number of anilines is 1. The Kier molecular flexibility index (Phi) is 2.48. The fourth-order valence-electron chi connectivity index (χ4n) is 2.37. The second-order valence-electron chi connectivity index (χ2n) is 5.19. The minimum Gasteiger partial charge on any atom is -0.493 e. The van der Waals surface area contributed by atoms with E-state index < -0.39 is 0 Å². The second kappa shape index (κ2) is 4.33. The number of aromatic nitrogens is 3. The van der Waals surface area contributed by atoms with Crippen LogP contribution in [0.25, 0.3) is 0 Å². The zero-order valence-corrected chi connectivity index (χ0v) is 10.8. The summed E-state index contributed by atoms with van der Waals surface area (Å²) < 4.78 is 5.44. The third kappa shape index (κ3) is 2.03. The number of H-pyrrole nitrogens is 1. The minimum absolute atomic E-state index is 0.198. The molecule has 2 aliphatic rings. The molecule has 4 rings (SSSR count). The topological polar surface area (TPSA) is 79.9 Å². The van der Waals surface area contributed by atoms with Gasteiger partial charge in [-0.3, -0.25) is 9.89 Å². The molecule has 20 heavy (non-hydrogen) atoms. The van der Waals surface area contributed by atoms with Crippen molar-refractivity contribution in [1.29, 1.82) is 0 Å². The first-order chi connectivity index (χ1) is 9.79. The third-order valence-electron chi connectivity index (χ3n) is 3.62. The van der Waals surface area contributed by atoms with E-state index >= 15 is 0 Å². The van der Waals surface area contributed by atoms with Gasteiger partial charge in [-0.15, -0.1) is 5.10 Å². The summed E-state index contributed by atoms with van der Waals surface area (Å²) >= 11 is 0. The fourth-order valence-corrected chi connectivity index (χ4v) is 2.37. The van der Waals surface area contributed by atoms with Crippen molar-refractivity contribution in [3.8, 4) is 5.75 Å². The standard InChI is InChI=1S/C14H14N4O2/c19-14(13-16-12(17-18-13)8-1-2-8)15-10-3-4-11-9(7-10)5-6-20-11/h3-4,7-8H,1-2,5-6H2,(H,15,19)(H,16,17,18). The Labute approximate surface area is 115 Å². The quantitative estimate of drug-likeness (QED) is 0.892. The number of carbonyl (C=O) groups excluding carboxylic acids is 1. The van der Waals surface area contributed by atoms with E-state index in [0.29, 0.717) is 12.5 Å². The molecule has 1 aliphatic carbocycles. The SMILES string of the molecule is O=C(Nc1ccc2c(c1)CCO2)c1n[nH]c(C2CC2)n1. The van der Waals surface area contributed by atoms with Crippen molar-refractivity contribution in [3.63, 3.8) is 0 Å². The van der Waals surface area contributed by atoms with E-state index in [-0.39, 0.29) is 11.7 Å². The summed E-state index contributed by atoms with van der Waals surface area (Å²) in [5.41, 5.74) is 1.87. The molecule has 2 heterocycles. The molecule has 1 aromatic carbocycles. The first kappa shape index (κ1) is 11.5. The molecule has 1 amide bonds. The van der Waals surface area contributed by atoms with E-state index in [9.17, 15) is 4.79 Å². The first-order valence-corrected chi connectivity index (χ1v) is 6.79. The van der Waals surface area contributed by atoms with E-state index in [0.717, 1.165) is 42.1 Å². The van der Waals surface area contributed by atoms with Gasteiger partial charge in [0, 0.05) is 18.0 Å². The van der Waals surface area contributed by atoms with Gasteiger partial charge in [-0.1, -0.05) is 0 Å². The van der Waals surface area contributed by atoms with E-state index in [1.165, 1.54) is 0 Å². The van der Waals surface area contributed by atoms with Gasteiger partial charge in [-0.05, 0) is 36.6 Å². The molecule has 6 heteroatoms. The average molecular weight is 270 g/mol. The molecule has 0 spiro atoms. The van der Waals surface area contributed by atoms with Crippen LogP contribution in [0.5, 0.6) is 5.75 Å². The number of amides is 1. The monoisotopic (exact) mass is 270 g/mol. The molecule has 0 saturated heterocycles. The highest BCUT2D eigenvalue weighted by Gasteiger charge is 2.28. The lowest BCUT2D eigenvalue weighted by Crippen LogP contribution is -2.13. The van der Waals surface area contributed by atoms with E-state index in [1.54, 1.807) is 0 Å². The highest BCUT2D eigenvalue weighted by Crippen LogP contribution is 2.37. The Hall–Kier alpha value is -2.37. The average Bonchev–Trinajstić information content (AvgIpc) is 3.01. The van der Waals surface area contributed by atoms with Crippen molar-refractivity contribution in [3.05, 3.63) is 35.4 Å². The van der Waals surface area contributed by atoms with Crippen molar-refractivity contribution in [2.45, 2.75) is 25.2 Å². The van der Waals surface area contributed by atoms with Gasteiger partial charge in [0.2, 0.25) is 5.82 Å². The Bertz CT molecular complexity index is 676. The number of ether oxygens (including phenoxy) is 1. The third-order valence-corrected chi connectivity index (χ3v) is 3.62. The lowest BCUT2D eigenvalue weighted by Gasteiger charge is -2.04. The molecule has 1 aliphatic heterocycles. The van der Waals surface area contributed by atoms with Gasteiger partial charge in [0.05, 0.1) is 6.61 Å². The number of nitrogens with one attached hydrogen (secondary N) is 2. The molecule has 0 radical (unpaired) electrons. The van der Waals surface area contributed by atoms with Crippen LogP contribution in [-0.2, 0) is 6.42 Å². The largest absolute Gasteiger partial charge is 0.493 e. The zero-order valence-electron chi connectivity index (χ0n) is 10.8. The van der Waals surface area contributed by atoms with Crippen LogP contribution in [0.15, 0.2) is 18.2 Å². The van der Waals surface area contributed by atoms with Gasteiger partial charge < -0.3 is 10.1 Å². The Balaban J connectivity index is 1.51. The van der Waals surface area contributed by atoms with Gasteiger partial charge in [-0.25, -0.2) is 4.98 Å². The van der Waals surface area contributed by atoms with E-state index in [1.807, 2.05) is 18.2 Å². The van der Waals surface area contributed by atoms with Crippen molar-refractivity contribution < 1.29 is 9.53 Å². The smallest absolute Gasteiger partial charge is 0.295 e.